The summed E-state index contributed by atoms with van der Waals surface area (Å²) in [4.78, 5) is 12.9. The maximum Gasteiger partial charge on any atom is 0.309 e. The summed E-state index contributed by atoms with van der Waals surface area (Å²) in [7, 11) is 0. The summed E-state index contributed by atoms with van der Waals surface area (Å²) in [5.74, 6) is 4.87. The molecule has 0 bridgehead atoms. The summed E-state index contributed by atoms with van der Waals surface area (Å²) < 4.78 is 6.04. The maximum atomic E-state index is 12.9. The minimum Gasteiger partial charge on any atom is -0.462 e. The molecule has 0 radical (unpaired) electrons. The fraction of sp³-hybridized carbons (Fsp3) is 0.969. The van der Waals surface area contributed by atoms with Crippen LogP contribution < -0.4 is 0 Å². The number of hydrogen-bond acceptors (Lipinski definition) is 2. The van der Waals surface area contributed by atoms with Gasteiger partial charge in [-0.15, -0.1) is 0 Å². The molecule has 3 saturated carbocycles. The van der Waals surface area contributed by atoms with Gasteiger partial charge in [0.15, 0.2) is 0 Å². The van der Waals surface area contributed by atoms with Crippen LogP contribution in [0.15, 0.2) is 0 Å². The number of rotatable bonds is 13. The van der Waals surface area contributed by atoms with Gasteiger partial charge in [0.1, 0.15) is 6.10 Å². The van der Waals surface area contributed by atoms with Crippen LogP contribution in [0.5, 0.6) is 0 Å². The number of carbonyl (C=O) groups is 1. The number of carbonyl (C=O) groups excluding carboxylic acids is 1. The molecule has 0 aliphatic heterocycles. The van der Waals surface area contributed by atoms with Crippen LogP contribution in [0.3, 0.4) is 0 Å². The first kappa shape index (κ1) is 28.0. The van der Waals surface area contributed by atoms with Crippen molar-refractivity contribution in [2.75, 3.05) is 0 Å². The van der Waals surface area contributed by atoms with E-state index in [0.29, 0.717) is 0 Å². The molecule has 3 atom stereocenters. The standard InChI is InChI=1S/C32H58O2/c1-4-6-8-9-11-13-27-16-23-31(25(3)24-27)28-17-19-29(20-18-28)32(33)34-30-21-14-26(15-22-30)12-10-7-5-2/h25-31H,4-24H2,1-3H3. The highest BCUT2D eigenvalue weighted by atomic mass is 16.5. The second-order valence-corrected chi connectivity index (χ2v) is 12.7. The van der Waals surface area contributed by atoms with Gasteiger partial charge in [-0.05, 0) is 93.8 Å². The van der Waals surface area contributed by atoms with Crippen molar-refractivity contribution in [3.63, 3.8) is 0 Å². The first-order chi connectivity index (χ1) is 16.6. The Bertz CT molecular complexity index is 541. The molecule has 3 fully saturated rings. The third-order valence-electron chi connectivity index (χ3n) is 10.1. The molecule has 0 amide bonds. The van der Waals surface area contributed by atoms with Gasteiger partial charge in [0.25, 0.3) is 0 Å². The Morgan fingerprint density at radius 1 is 0.676 bits per heavy atom. The van der Waals surface area contributed by atoms with Crippen LogP contribution in [0.1, 0.15) is 156 Å². The smallest absolute Gasteiger partial charge is 0.309 e. The van der Waals surface area contributed by atoms with Gasteiger partial charge in [-0.1, -0.05) is 91.4 Å². The van der Waals surface area contributed by atoms with E-state index in [1.54, 1.807) is 0 Å². The average Bonchev–Trinajstić information content (AvgIpc) is 2.85. The van der Waals surface area contributed by atoms with Gasteiger partial charge in [0, 0.05) is 0 Å². The minimum absolute atomic E-state index is 0.146. The molecular weight excluding hydrogens is 416 g/mol. The van der Waals surface area contributed by atoms with Gasteiger partial charge in [-0.3, -0.25) is 4.79 Å². The summed E-state index contributed by atoms with van der Waals surface area (Å²) in [5.41, 5.74) is 0. The summed E-state index contributed by atoms with van der Waals surface area (Å²) >= 11 is 0. The van der Waals surface area contributed by atoms with E-state index >= 15 is 0 Å². The molecule has 0 spiro atoms. The van der Waals surface area contributed by atoms with E-state index in [0.717, 1.165) is 55.3 Å². The Labute approximate surface area is 212 Å². The SMILES string of the molecule is CCCCCCCC1CCC(C2CCC(C(=O)OC3CCC(CCCCC)CC3)CC2)C(C)C1. The second kappa shape index (κ2) is 15.6. The van der Waals surface area contributed by atoms with Crippen molar-refractivity contribution in [3.8, 4) is 0 Å². The molecule has 0 aromatic rings. The van der Waals surface area contributed by atoms with Gasteiger partial charge in [-0.25, -0.2) is 0 Å². The largest absolute Gasteiger partial charge is 0.462 e. The van der Waals surface area contributed by atoms with E-state index in [-0.39, 0.29) is 18.0 Å². The third kappa shape index (κ3) is 9.16. The lowest BCUT2D eigenvalue weighted by Crippen LogP contribution is -2.34. The molecule has 3 rings (SSSR count). The Kier molecular flexibility index (Phi) is 12.8. The molecular formula is C32H58O2. The van der Waals surface area contributed by atoms with Crippen molar-refractivity contribution in [2.45, 2.75) is 162 Å². The third-order valence-corrected chi connectivity index (χ3v) is 10.1. The predicted molar refractivity (Wildman–Crippen MR) is 145 cm³/mol. The normalized spacial score (nSPS) is 34.6. The molecule has 3 aliphatic rings. The van der Waals surface area contributed by atoms with Gasteiger partial charge >= 0.3 is 5.97 Å². The highest BCUT2D eigenvalue weighted by Crippen LogP contribution is 2.45. The molecule has 0 aromatic heterocycles. The van der Waals surface area contributed by atoms with E-state index in [9.17, 15) is 4.79 Å². The van der Waals surface area contributed by atoms with E-state index in [2.05, 4.69) is 20.8 Å². The van der Waals surface area contributed by atoms with Crippen molar-refractivity contribution in [1.29, 1.82) is 0 Å². The first-order valence-electron chi connectivity index (χ1n) is 15.8. The predicted octanol–water partition coefficient (Wildman–Crippen LogP) is 9.89. The Morgan fingerprint density at radius 2 is 1.26 bits per heavy atom. The number of esters is 1. The summed E-state index contributed by atoms with van der Waals surface area (Å²) in [6, 6.07) is 0. The molecule has 198 valence electrons. The van der Waals surface area contributed by atoms with Gasteiger partial charge in [0.2, 0.25) is 0 Å². The zero-order chi connectivity index (χ0) is 24.2. The number of unbranched alkanes of at least 4 members (excludes halogenated alkanes) is 6. The van der Waals surface area contributed by atoms with Crippen LogP contribution in [0.4, 0.5) is 0 Å². The van der Waals surface area contributed by atoms with Crippen LogP contribution in [0, 0.1) is 35.5 Å². The Morgan fingerprint density at radius 3 is 1.94 bits per heavy atom. The fourth-order valence-corrected chi connectivity index (χ4v) is 7.80. The van der Waals surface area contributed by atoms with Crippen molar-refractivity contribution >= 4 is 5.97 Å². The highest BCUT2D eigenvalue weighted by Gasteiger charge is 2.37. The molecule has 0 heterocycles. The zero-order valence-corrected chi connectivity index (χ0v) is 23.2. The van der Waals surface area contributed by atoms with E-state index in [1.165, 1.54) is 109 Å². The maximum absolute atomic E-state index is 12.9. The lowest BCUT2D eigenvalue weighted by Gasteiger charge is -2.41. The summed E-state index contributed by atoms with van der Waals surface area (Å²) in [6.07, 6.45) is 28.1. The van der Waals surface area contributed by atoms with Crippen LogP contribution in [-0.2, 0) is 9.53 Å². The van der Waals surface area contributed by atoms with Gasteiger partial charge in [-0.2, -0.15) is 0 Å². The van der Waals surface area contributed by atoms with Crippen molar-refractivity contribution in [2.24, 2.45) is 35.5 Å². The van der Waals surface area contributed by atoms with Crippen molar-refractivity contribution in [3.05, 3.63) is 0 Å². The van der Waals surface area contributed by atoms with E-state index in [1.807, 2.05) is 0 Å². The van der Waals surface area contributed by atoms with Crippen molar-refractivity contribution < 1.29 is 9.53 Å². The molecule has 2 heteroatoms. The molecule has 34 heavy (non-hydrogen) atoms. The number of ether oxygens (including phenoxy) is 1. The van der Waals surface area contributed by atoms with Crippen molar-refractivity contribution in [1.82, 2.24) is 0 Å². The Balaban J connectivity index is 1.29. The minimum atomic E-state index is 0.146. The molecule has 0 N–H and O–H groups in total. The monoisotopic (exact) mass is 474 g/mol. The molecule has 3 unspecified atom stereocenters. The van der Waals surface area contributed by atoms with Crippen LogP contribution in [0.2, 0.25) is 0 Å². The topological polar surface area (TPSA) is 26.3 Å². The zero-order valence-electron chi connectivity index (χ0n) is 23.2. The van der Waals surface area contributed by atoms with E-state index in [4.69, 9.17) is 4.74 Å². The van der Waals surface area contributed by atoms with Crippen LogP contribution in [-0.4, -0.2) is 12.1 Å². The average molecular weight is 475 g/mol. The lowest BCUT2D eigenvalue weighted by atomic mass is 9.64. The van der Waals surface area contributed by atoms with Crippen LogP contribution in [0.25, 0.3) is 0 Å². The molecule has 2 nitrogen and oxygen atoms in total. The summed E-state index contributed by atoms with van der Waals surface area (Å²) in [6.45, 7) is 7.12. The lowest BCUT2D eigenvalue weighted by molar-refractivity contribution is -0.157. The van der Waals surface area contributed by atoms with E-state index < -0.39 is 0 Å². The van der Waals surface area contributed by atoms with Crippen LogP contribution >= 0.6 is 0 Å². The second-order valence-electron chi connectivity index (χ2n) is 12.7. The molecule has 0 aromatic carbocycles. The van der Waals surface area contributed by atoms with Gasteiger partial charge in [0.05, 0.1) is 5.92 Å². The number of hydrogen-bond donors (Lipinski definition) is 0. The van der Waals surface area contributed by atoms with Gasteiger partial charge < -0.3 is 4.74 Å². The molecule has 0 saturated heterocycles. The highest BCUT2D eigenvalue weighted by molar-refractivity contribution is 5.72. The summed E-state index contributed by atoms with van der Waals surface area (Å²) in [5, 5.41) is 0. The molecule has 3 aliphatic carbocycles. The quantitative estimate of drug-likeness (QED) is 0.196. The first-order valence-corrected chi connectivity index (χ1v) is 15.8. The fourth-order valence-electron chi connectivity index (χ4n) is 7.80. The Hall–Kier alpha value is -0.530.